The summed E-state index contributed by atoms with van der Waals surface area (Å²) in [6.07, 6.45) is 0.816. The number of piperazine rings is 1. The van der Waals surface area contributed by atoms with Gasteiger partial charge in [-0.05, 0) is 26.7 Å². The second-order valence-corrected chi connectivity index (χ2v) is 11.2. The van der Waals surface area contributed by atoms with E-state index in [-0.39, 0.29) is 54.1 Å². The third-order valence-corrected chi connectivity index (χ3v) is 8.56. The average Bonchev–Trinajstić information content (AvgIpc) is 3.24. The molecule has 1 aliphatic heterocycles. The number of aryl methyl sites for hydroxylation is 3. The minimum atomic E-state index is -4.00. The van der Waals surface area contributed by atoms with E-state index < -0.39 is 16.0 Å². The Morgan fingerprint density at radius 3 is 2.31 bits per heavy atom. The summed E-state index contributed by atoms with van der Waals surface area (Å²) in [4.78, 5) is 31.8. The number of carbonyl (C=O) groups excluding carboxylic acids is 2. The second kappa shape index (κ2) is 9.32. The number of ether oxygens (including phenoxy) is 1. The second-order valence-electron chi connectivity index (χ2n) is 8.23. The molecule has 1 fully saturated rings. The largest absolute Gasteiger partial charge is 0.465 e. The molecule has 0 spiro atoms. The first-order valence-electron chi connectivity index (χ1n) is 10.4. The number of rotatable bonds is 6. The van der Waals surface area contributed by atoms with Gasteiger partial charge >= 0.3 is 5.97 Å². The monoisotopic (exact) mass is 483 g/mol. The van der Waals surface area contributed by atoms with Gasteiger partial charge in [-0.15, -0.1) is 11.3 Å². The van der Waals surface area contributed by atoms with Crippen LogP contribution in [0.2, 0.25) is 0 Å². The summed E-state index contributed by atoms with van der Waals surface area (Å²) in [6.45, 7) is 9.81. The van der Waals surface area contributed by atoms with E-state index >= 15 is 0 Å². The van der Waals surface area contributed by atoms with E-state index in [0.717, 1.165) is 11.4 Å². The molecule has 0 radical (unpaired) electrons. The predicted octanol–water partition coefficient (Wildman–Crippen LogP) is 2.79. The standard InChI is InChI=1S/C21H29N3O6S2/c1-12(2)11-16-22-13(3)18(31-16)20(25)23-7-9-24(10-8-23)32(27,28)19-15(5)30-14(4)17(19)21(26)29-6/h12H,7-11H2,1-6H3. The average molecular weight is 484 g/mol. The van der Waals surface area contributed by atoms with E-state index in [0.29, 0.717) is 16.5 Å². The maximum atomic E-state index is 13.3. The zero-order chi connectivity index (χ0) is 23.8. The van der Waals surface area contributed by atoms with Gasteiger partial charge in [-0.2, -0.15) is 4.31 Å². The zero-order valence-corrected chi connectivity index (χ0v) is 20.9. The third kappa shape index (κ3) is 4.60. The molecule has 32 heavy (non-hydrogen) atoms. The van der Waals surface area contributed by atoms with Gasteiger partial charge in [0, 0.05) is 32.6 Å². The summed E-state index contributed by atoms with van der Waals surface area (Å²) in [7, 11) is -2.80. The summed E-state index contributed by atoms with van der Waals surface area (Å²) < 4.78 is 38.1. The molecule has 0 N–H and O–H groups in total. The lowest BCUT2D eigenvalue weighted by atomic mass is 10.1. The van der Waals surface area contributed by atoms with Crippen LogP contribution in [0.25, 0.3) is 0 Å². The first-order chi connectivity index (χ1) is 15.0. The molecule has 0 saturated carbocycles. The summed E-state index contributed by atoms with van der Waals surface area (Å²) >= 11 is 1.41. The molecule has 3 rings (SSSR count). The van der Waals surface area contributed by atoms with Crippen LogP contribution in [0.5, 0.6) is 0 Å². The van der Waals surface area contributed by atoms with E-state index in [4.69, 9.17) is 9.15 Å². The van der Waals surface area contributed by atoms with Crippen LogP contribution < -0.4 is 0 Å². The van der Waals surface area contributed by atoms with E-state index in [1.807, 2.05) is 6.92 Å². The summed E-state index contributed by atoms with van der Waals surface area (Å²) in [5.41, 5.74) is 0.624. The highest BCUT2D eigenvalue weighted by Gasteiger charge is 2.38. The Kier molecular flexibility index (Phi) is 7.11. The molecule has 2 aromatic rings. The van der Waals surface area contributed by atoms with Crippen molar-refractivity contribution in [2.75, 3.05) is 33.3 Å². The number of esters is 1. The molecule has 3 heterocycles. The van der Waals surface area contributed by atoms with Crippen LogP contribution in [0.3, 0.4) is 0 Å². The Balaban J connectivity index is 1.77. The normalized spacial score (nSPS) is 15.4. The van der Waals surface area contributed by atoms with Gasteiger partial charge in [-0.3, -0.25) is 4.79 Å². The Bertz CT molecular complexity index is 1120. The van der Waals surface area contributed by atoms with Crippen molar-refractivity contribution in [1.82, 2.24) is 14.2 Å². The van der Waals surface area contributed by atoms with Gasteiger partial charge in [0.15, 0.2) is 0 Å². The summed E-state index contributed by atoms with van der Waals surface area (Å²) in [6, 6.07) is 0. The molecular formula is C21H29N3O6S2. The Morgan fingerprint density at radius 1 is 1.12 bits per heavy atom. The molecule has 9 nitrogen and oxygen atoms in total. The molecule has 0 aliphatic carbocycles. The van der Waals surface area contributed by atoms with Gasteiger partial charge in [0.2, 0.25) is 10.0 Å². The maximum absolute atomic E-state index is 13.3. The fourth-order valence-electron chi connectivity index (χ4n) is 3.80. The van der Waals surface area contributed by atoms with Gasteiger partial charge in [-0.25, -0.2) is 18.2 Å². The van der Waals surface area contributed by atoms with Crippen molar-refractivity contribution in [3.05, 3.63) is 32.7 Å². The number of thiazole rings is 1. The van der Waals surface area contributed by atoms with Gasteiger partial charge in [0.05, 0.1) is 17.8 Å². The SMILES string of the molecule is COC(=O)c1c(C)oc(C)c1S(=O)(=O)N1CCN(C(=O)c2sc(CC(C)C)nc2C)CC1. The molecular weight excluding hydrogens is 454 g/mol. The maximum Gasteiger partial charge on any atom is 0.342 e. The van der Waals surface area contributed by atoms with Crippen molar-refractivity contribution in [2.24, 2.45) is 5.92 Å². The fourth-order valence-corrected chi connectivity index (χ4v) is 6.84. The van der Waals surface area contributed by atoms with Crippen LogP contribution in [-0.2, 0) is 21.2 Å². The molecule has 0 atom stereocenters. The van der Waals surface area contributed by atoms with E-state index in [1.54, 1.807) is 4.90 Å². The highest BCUT2D eigenvalue weighted by molar-refractivity contribution is 7.89. The van der Waals surface area contributed by atoms with E-state index in [9.17, 15) is 18.0 Å². The molecule has 0 unspecified atom stereocenters. The lowest BCUT2D eigenvalue weighted by Crippen LogP contribution is -2.50. The van der Waals surface area contributed by atoms with Gasteiger partial charge in [0.1, 0.15) is 26.9 Å². The number of nitrogens with zero attached hydrogens (tertiary/aromatic N) is 3. The number of hydrogen-bond donors (Lipinski definition) is 0. The van der Waals surface area contributed by atoms with Crippen molar-refractivity contribution in [3.8, 4) is 0 Å². The molecule has 176 valence electrons. The third-order valence-electron chi connectivity index (χ3n) is 5.34. The topological polar surface area (TPSA) is 110 Å². The molecule has 1 aliphatic rings. The summed E-state index contributed by atoms with van der Waals surface area (Å²) in [5.74, 6) is -0.108. The smallest absolute Gasteiger partial charge is 0.342 e. The lowest BCUT2D eigenvalue weighted by Gasteiger charge is -2.33. The molecule has 1 amide bonds. The van der Waals surface area contributed by atoms with Crippen molar-refractivity contribution in [2.45, 2.75) is 45.9 Å². The Morgan fingerprint density at radius 2 is 1.75 bits per heavy atom. The quantitative estimate of drug-likeness (QED) is 0.581. The first kappa shape index (κ1) is 24.4. The van der Waals surface area contributed by atoms with E-state index in [1.165, 1.54) is 36.6 Å². The zero-order valence-electron chi connectivity index (χ0n) is 19.2. The lowest BCUT2D eigenvalue weighted by molar-refractivity contribution is 0.0594. The van der Waals surface area contributed by atoms with Crippen molar-refractivity contribution in [1.29, 1.82) is 0 Å². The van der Waals surface area contributed by atoms with Gasteiger partial charge < -0.3 is 14.1 Å². The number of methoxy groups -OCH3 is 1. The molecule has 0 aromatic carbocycles. The first-order valence-corrected chi connectivity index (χ1v) is 12.7. The number of aromatic nitrogens is 1. The fraction of sp³-hybridized carbons (Fsp3) is 0.571. The Hall–Kier alpha value is -2.24. The number of sulfonamides is 1. The van der Waals surface area contributed by atoms with Gasteiger partial charge in [-0.1, -0.05) is 13.8 Å². The van der Waals surface area contributed by atoms with Crippen LogP contribution in [0.15, 0.2) is 9.31 Å². The molecule has 1 saturated heterocycles. The van der Waals surface area contributed by atoms with Crippen LogP contribution in [-0.4, -0.2) is 67.8 Å². The van der Waals surface area contributed by atoms with Crippen molar-refractivity contribution < 1.29 is 27.2 Å². The van der Waals surface area contributed by atoms with Crippen LogP contribution in [0.1, 0.15) is 56.1 Å². The minimum absolute atomic E-state index is 0.0820. The molecule has 0 bridgehead atoms. The number of furan rings is 1. The minimum Gasteiger partial charge on any atom is -0.465 e. The molecule has 11 heteroatoms. The van der Waals surface area contributed by atoms with Crippen LogP contribution in [0.4, 0.5) is 0 Å². The number of amides is 1. The summed E-state index contributed by atoms with van der Waals surface area (Å²) in [5, 5.41) is 0.934. The number of hydrogen-bond acceptors (Lipinski definition) is 8. The Labute approximate surface area is 192 Å². The van der Waals surface area contributed by atoms with Crippen molar-refractivity contribution >= 4 is 33.2 Å². The van der Waals surface area contributed by atoms with E-state index in [2.05, 4.69) is 18.8 Å². The highest BCUT2D eigenvalue weighted by atomic mass is 32.2. The highest BCUT2D eigenvalue weighted by Crippen LogP contribution is 2.31. The van der Waals surface area contributed by atoms with Crippen LogP contribution >= 0.6 is 11.3 Å². The van der Waals surface area contributed by atoms with Gasteiger partial charge in [0.25, 0.3) is 5.91 Å². The molecule has 2 aromatic heterocycles. The number of carbonyl (C=O) groups is 2. The van der Waals surface area contributed by atoms with Crippen molar-refractivity contribution in [3.63, 3.8) is 0 Å². The van der Waals surface area contributed by atoms with Crippen LogP contribution in [0, 0.1) is 26.7 Å². The predicted molar refractivity (Wildman–Crippen MR) is 120 cm³/mol.